The number of likely N-dealkylation sites (N-methyl/N-ethyl adjacent to an activating group) is 1. The van der Waals surface area contributed by atoms with Gasteiger partial charge in [-0.05, 0) is 42.8 Å². The number of amides is 1. The van der Waals surface area contributed by atoms with Gasteiger partial charge in [0.05, 0.1) is 8.68 Å². The van der Waals surface area contributed by atoms with Gasteiger partial charge >= 0.3 is 0 Å². The highest BCUT2D eigenvalue weighted by Gasteiger charge is 2.47. The molecule has 1 aliphatic heterocycles. The Balaban J connectivity index is 2.50. The fourth-order valence-electron chi connectivity index (χ4n) is 2.42. The quantitative estimate of drug-likeness (QED) is 0.788. The lowest BCUT2D eigenvalue weighted by molar-refractivity contribution is -0.142. The van der Waals surface area contributed by atoms with Gasteiger partial charge in [-0.3, -0.25) is 4.79 Å². The first-order valence-corrected chi connectivity index (χ1v) is 9.18. The third-order valence-electron chi connectivity index (χ3n) is 3.54. The van der Waals surface area contributed by atoms with Gasteiger partial charge < -0.3 is 4.90 Å². The van der Waals surface area contributed by atoms with Gasteiger partial charge in [-0.15, -0.1) is 11.3 Å². The maximum atomic E-state index is 12.8. The van der Waals surface area contributed by atoms with Crippen LogP contribution in [0.2, 0.25) is 0 Å². The molecule has 0 atom stereocenters. The third-order valence-corrected chi connectivity index (χ3v) is 7.42. The molecule has 0 spiro atoms. The van der Waals surface area contributed by atoms with Crippen molar-refractivity contribution < 1.29 is 13.2 Å². The molecule has 112 valence electrons. The molecule has 0 N–H and O–H groups in total. The molecule has 0 saturated carbocycles. The summed E-state index contributed by atoms with van der Waals surface area (Å²) in [4.78, 5) is 14.8. The topological polar surface area (TPSA) is 57.7 Å². The molecule has 0 aromatic carbocycles. The van der Waals surface area contributed by atoms with E-state index in [2.05, 4.69) is 15.9 Å². The molecule has 0 radical (unpaired) electrons. The fraction of sp³-hybridized carbons (Fsp3) is 0.583. The van der Waals surface area contributed by atoms with E-state index in [0.717, 1.165) is 8.66 Å². The highest BCUT2D eigenvalue weighted by atomic mass is 79.9. The Kier molecular flexibility index (Phi) is 4.05. The van der Waals surface area contributed by atoms with Gasteiger partial charge in [0.25, 0.3) is 0 Å². The maximum absolute atomic E-state index is 12.8. The number of thiophene rings is 1. The summed E-state index contributed by atoms with van der Waals surface area (Å²) in [6, 6.07) is 1.61. The summed E-state index contributed by atoms with van der Waals surface area (Å²) in [6.07, 6.45) is 0. The minimum atomic E-state index is -3.67. The fourth-order valence-corrected chi connectivity index (χ4v) is 6.54. The SMILES string of the molecule is Cc1sc(Br)cc1S(=O)(=O)N1CCN(C)C(=O)C1(C)C. The van der Waals surface area contributed by atoms with Gasteiger partial charge in [-0.1, -0.05) is 0 Å². The molecule has 8 heteroatoms. The van der Waals surface area contributed by atoms with E-state index in [0.29, 0.717) is 13.1 Å². The molecule has 1 aromatic heterocycles. The number of piperazine rings is 1. The first kappa shape index (κ1) is 15.9. The van der Waals surface area contributed by atoms with Gasteiger partial charge in [-0.2, -0.15) is 4.31 Å². The monoisotopic (exact) mass is 380 g/mol. The van der Waals surface area contributed by atoms with E-state index >= 15 is 0 Å². The van der Waals surface area contributed by atoms with Crippen molar-refractivity contribution in [1.82, 2.24) is 9.21 Å². The largest absolute Gasteiger partial charge is 0.343 e. The van der Waals surface area contributed by atoms with Crippen LogP contribution in [0.15, 0.2) is 14.7 Å². The molecule has 1 amide bonds. The Morgan fingerprint density at radius 1 is 1.35 bits per heavy atom. The highest BCUT2D eigenvalue weighted by molar-refractivity contribution is 9.11. The zero-order valence-corrected chi connectivity index (χ0v) is 15.0. The van der Waals surface area contributed by atoms with Crippen molar-refractivity contribution >= 4 is 43.2 Å². The van der Waals surface area contributed by atoms with E-state index < -0.39 is 15.6 Å². The number of halogens is 1. The predicted octanol–water partition coefficient (Wildman–Crippen LogP) is 2.06. The molecule has 1 aliphatic rings. The first-order valence-electron chi connectivity index (χ1n) is 6.13. The number of hydrogen-bond donors (Lipinski definition) is 0. The summed E-state index contributed by atoms with van der Waals surface area (Å²) < 4.78 is 27.7. The normalized spacial score (nSPS) is 20.4. The minimum Gasteiger partial charge on any atom is -0.343 e. The smallest absolute Gasteiger partial charge is 0.245 e. The van der Waals surface area contributed by atoms with Gasteiger partial charge in [0.2, 0.25) is 15.9 Å². The van der Waals surface area contributed by atoms with Crippen LogP contribution in [0.3, 0.4) is 0 Å². The Hall–Kier alpha value is -0.440. The van der Waals surface area contributed by atoms with Crippen molar-refractivity contribution in [2.45, 2.75) is 31.2 Å². The summed E-state index contributed by atoms with van der Waals surface area (Å²) in [6.45, 7) is 5.79. The maximum Gasteiger partial charge on any atom is 0.245 e. The first-order chi connectivity index (χ1) is 9.08. The van der Waals surface area contributed by atoms with Crippen molar-refractivity contribution in [3.63, 3.8) is 0 Å². The van der Waals surface area contributed by atoms with Crippen molar-refractivity contribution in [1.29, 1.82) is 0 Å². The second kappa shape index (κ2) is 5.08. The van der Waals surface area contributed by atoms with Crippen molar-refractivity contribution in [3.05, 3.63) is 14.7 Å². The molecule has 1 saturated heterocycles. The molecule has 5 nitrogen and oxygen atoms in total. The highest BCUT2D eigenvalue weighted by Crippen LogP contribution is 2.35. The van der Waals surface area contributed by atoms with Crippen molar-refractivity contribution in [3.8, 4) is 0 Å². The lowest BCUT2D eigenvalue weighted by Gasteiger charge is -2.43. The van der Waals surface area contributed by atoms with E-state index in [4.69, 9.17) is 0 Å². The predicted molar refractivity (Wildman–Crippen MR) is 82.4 cm³/mol. The molecule has 0 unspecified atom stereocenters. The average Bonchev–Trinajstić information content (AvgIpc) is 2.66. The Bertz CT molecular complexity index is 652. The molecular formula is C12H17BrN2O3S2. The molecular weight excluding hydrogens is 364 g/mol. The van der Waals surface area contributed by atoms with Crippen LogP contribution in [0, 0.1) is 6.92 Å². The lowest BCUT2D eigenvalue weighted by atomic mass is 10.0. The molecule has 0 aliphatic carbocycles. The summed E-state index contributed by atoms with van der Waals surface area (Å²) >= 11 is 4.69. The lowest BCUT2D eigenvalue weighted by Crippen LogP contribution is -2.63. The Labute approximate surface area is 131 Å². The molecule has 0 bridgehead atoms. The van der Waals surface area contributed by atoms with Crippen LogP contribution >= 0.6 is 27.3 Å². The average molecular weight is 381 g/mol. The summed E-state index contributed by atoms with van der Waals surface area (Å²) in [5.41, 5.74) is -1.06. The van der Waals surface area contributed by atoms with Gasteiger partial charge in [0, 0.05) is 25.0 Å². The molecule has 1 aromatic rings. The second-order valence-electron chi connectivity index (χ2n) is 5.33. The number of rotatable bonds is 2. The third kappa shape index (κ3) is 2.43. The van der Waals surface area contributed by atoms with Crippen LogP contribution in [0.25, 0.3) is 0 Å². The summed E-state index contributed by atoms with van der Waals surface area (Å²) in [5, 5.41) is 0. The minimum absolute atomic E-state index is 0.181. The van der Waals surface area contributed by atoms with E-state index in [1.165, 1.54) is 15.6 Å². The van der Waals surface area contributed by atoms with E-state index in [1.54, 1.807) is 38.8 Å². The number of carbonyl (C=O) groups is 1. The van der Waals surface area contributed by atoms with Crippen LogP contribution in [0.1, 0.15) is 18.7 Å². The number of aryl methyl sites for hydroxylation is 1. The van der Waals surface area contributed by atoms with Crippen LogP contribution in [-0.4, -0.2) is 49.2 Å². The Morgan fingerprint density at radius 3 is 2.45 bits per heavy atom. The molecule has 2 heterocycles. The standard InChI is InChI=1S/C12H17BrN2O3S2/c1-8-9(7-10(13)19-8)20(17,18)15-6-5-14(4)11(16)12(15,2)3/h7H,5-6H2,1-4H3. The van der Waals surface area contributed by atoms with E-state index in [-0.39, 0.29) is 10.8 Å². The van der Waals surface area contributed by atoms with Crippen LogP contribution < -0.4 is 0 Å². The zero-order valence-electron chi connectivity index (χ0n) is 11.8. The van der Waals surface area contributed by atoms with Crippen LogP contribution in [-0.2, 0) is 14.8 Å². The van der Waals surface area contributed by atoms with Crippen LogP contribution in [0.4, 0.5) is 0 Å². The number of nitrogens with zero attached hydrogens (tertiary/aromatic N) is 2. The van der Waals surface area contributed by atoms with E-state index in [9.17, 15) is 13.2 Å². The molecule has 20 heavy (non-hydrogen) atoms. The number of carbonyl (C=O) groups excluding carboxylic acids is 1. The number of sulfonamides is 1. The van der Waals surface area contributed by atoms with Crippen molar-refractivity contribution in [2.24, 2.45) is 0 Å². The van der Waals surface area contributed by atoms with Crippen molar-refractivity contribution in [2.75, 3.05) is 20.1 Å². The Morgan fingerprint density at radius 2 is 1.95 bits per heavy atom. The summed E-state index contributed by atoms with van der Waals surface area (Å²) in [7, 11) is -1.97. The van der Waals surface area contributed by atoms with E-state index in [1.807, 2.05) is 0 Å². The van der Waals surface area contributed by atoms with Gasteiger partial charge in [0.1, 0.15) is 5.54 Å². The number of hydrogen-bond acceptors (Lipinski definition) is 4. The zero-order chi connectivity index (χ0) is 15.3. The molecule has 2 rings (SSSR count). The van der Waals surface area contributed by atoms with Gasteiger partial charge in [-0.25, -0.2) is 8.42 Å². The van der Waals surface area contributed by atoms with Crippen LogP contribution in [0.5, 0.6) is 0 Å². The van der Waals surface area contributed by atoms with Gasteiger partial charge in [0.15, 0.2) is 0 Å². The summed E-state index contributed by atoms with van der Waals surface area (Å²) in [5.74, 6) is -0.181. The molecule has 1 fully saturated rings. The second-order valence-corrected chi connectivity index (χ2v) is 9.80.